The van der Waals surface area contributed by atoms with Crippen LogP contribution >= 0.6 is 0 Å². The van der Waals surface area contributed by atoms with Gasteiger partial charge in [-0.15, -0.1) is 0 Å². The van der Waals surface area contributed by atoms with Crippen molar-refractivity contribution in [3.8, 4) is 11.5 Å². The molecule has 0 N–H and O–H groups in total. The Kier molecular flexibility index (Phi) is 4.23. The fourth-order valence-corrected chi connectivity index (χ4v) is 3.84. The minimum Gasteiger partial charge on any atom is -0.457 e. The molecule has 0 radical (unpaired) electrons. The fourth-order valence-electron chi connectivity index (χ4n) is 3.84. The third-order valence-corrected chi connectivity index (χ3v) is 5.79. The summed E-state index contributed by atoms with van der Waals surface area (Å²) in [5.74, 6) is -1.65. The lowest BCUT2D eigenvalue weighted by molar-refractivity contribution is 0.0425. The Labute approximate surface area is 182 Å². The lowest BCUT2D eigenvalue weighted by Crippen LogP contribution is -2.19. The molecule has 0 bridgehead atoms. The molecule has 158 valence electrons. The van der Waals surface area contributed by atoms with Crippen LogP contribution in [-0.4, -0.2) is 23.9 Å². The van der Waals surface area contributed by atoms with E-state index >= 15 is 0 Å². The van der Waals surface area contributed by atoms with Gasteiger partial charge in [0.2, 0.25) is 0 Å². The number of rotatable bonds is 4. The van der Waals surface area contributed by atoms with Crippen LogP contribution < -0.4 is 4.74 Å². The molecular weight excluding hydrogens is 412 g/mol. The first kappa shape index (κ1) is 19.7. The van der Waals surface area contributed by atoms with Crippen molar-refractivity contribution in [3.63, 3.8) is 0 Å². The molecule has 7 nitrogen and oxygen atoms in total. The first-order chi connectivity index (χ1) is 15.2. The van der Waals surface area contributed by atoms with Gasteiger partial charge in [0.1, 0.15) is 11.5 Å². The van der Waals surface area contributed by atoms with Crippen molar-refractivity contribution in [2.24, 2.45) is 0 Å². The molecule has 0 amide bonds. The van der Waals surface area contributed by atoms with Gasteiger partial charge in [-0.1, -0.05) is 32.0 Å². The molecule has 0 aliphatic carbocycles. The maximum Gasteiger partial charge on any atom is 0.347 e. The molecule has 0 unspecified atom stereocenters. The fraction of sp³-hybridized carbons (Fsp3) is 0.120. The van der Waals surface area contributed by atoms with E-state index in [2.05, 4.69) is 9.47 Å². The number of carbonyl (C=O) groups excluding carboxylic acids is 4. The highest BCUT2D eigenvalue weighted by atomic mass is 16.6. The summed E-state index contributed by atoms with van der Waals surface area (Å²) in [4.78, 5) is 46.9. The lowest BCUT2D eigenvalue weighted by Gasteiger charge is -2.26. The zero-order chi connectivity index (χ0) is 22.6. The van der Waals surface area contributed by atoms with E-state index in [1.54, 1.807) is 30.3 Å². The summed E-state index contributed by atoms with van der Waals surface area (Å²) in [5, 5.41) is 0. The van der Waals surface area contributed by atoms with Crippen LogP contribution in [0.2, 0.25) is 0 Å². The average molecular weight is 428 g/mol. The maximum atomic E-state index is 11.9. The molecule has 2 aliphatic heterocycles. The second-order valence-electron chi connectivity index (χ2n) is 8.07. The normalized spacial score (nSPS) is 14.7. The molecule has 0 spiro atoms. The second-order valence-corrected chi connectivity index (χ2v) is 8.07. The van der Waals surface area contributed by atoms with E-state index in [0.29, 0.717) is 11.5 Å². The molecule has 0 fully saturated rings. The number of carbonyl (C=O) groups is 4. The smallest absolute Gasteiger partial charge is 0.347 e. The van der Waals surface area contributed by atoms with Gasteiger partial charge in [-0.05, 0) is 53.6 Å². The number of hydrogen-bond acceptors (Lipinski definition) is 7. The van der Waals surface area contributed by atoms with Gasteiger partial charge >= 0.3 is 23.9 Å². The topological polar surface area (TPSA) is 96.0 Å². The molecule has 3 aromatic carbocycles. The van der Waals surface area contributed by atoms with Gasteiger partial charge in [0, 0.05) is 5.41 Å². The minimum absolute atomic E-state index is 0.180. The van der Waals surface area contributed by atoms with Crippen LogP contribution in [0.15, 0.2) is 60.7 Å². The molecule has 3 aromatic rings. The van der Waals surface area contributed by atoms with Crippen molar-refractivity contribution in [2.45, 2.75) is 19.3 Å². The van der Waals surface area contributed by atoms with E-state index in [0.717, 1.165) is 11.1 Å². The molecule has 0 saturated carbocycles. The Hall–Kier alpha value is -4.26. The second kappa shape index (κ2) is 6.88. The zero-order valence-electron chi connectivity index (χ0n) is 17.1. The molecule has 0 saturated heterocycles. The van der Waals surface area contributed by atoms with Crippen molar-refractivity contribution in [2.75, 3.05) is 0 Å². The van der Waals surface area contributed by atoms with Gasteiger partial charge < -0.3 is 14.2 Å². The first-order valence-corrected chi connectivity index (χ1v) is 9.84. The third-order valence-electron chi connectivity index (χ3n) is 5.79. The molecule has 2 heterocycles. The van der Waals surface area contributed by atoms with Crippen LogP contribution in [0.3, 0.4) is 0 Å². The average Bonchev–Trinajstić information content (AvgIpc) is 3.22. The molecule has 0 aromatic heterocycles. The number of esters is 4. The molecule has 0 atom stereocenters. The van der Waals surface area contributed by atoms with Crippen LogP contribution in [0.25, 0.3) is 0 Å². The third kappa shape index (κ3) is 3.06. The summed E-state index contributed by atoms with van der Waals surface area (Å²) in [5.41, 5.74) is 2.31. The summed E-state index contributed by atoms with van der Waals surface area (Å²) in [7, 11) is 0. The van der Waals surface area contributed by atoms with E-state index in [1.165, 1.54) is 12.1 Å². The quantitative estimate of drug-likeness (QED) is 0.448. The number of cyclic esters (lactones) is 4. The minimum atomic E-state index is -0.688. The zero-order valence-corrected chi connectivity index (χ0v) is 17.1. The van der Waals surface area contributed by atoms with Crippen molar-refractivity contribution in [3.05, 3.63) is 94.0 Å². The highest BCUT2D eigenvalue weighted by molar-refractivity contribution is 6.15. The van der Waals surface area contributed by atoms with Crippen LogP contribution in [-0.2, 0) is 14.9 Å². The molecule has 7 heteroatoms. The van der Waals surface area contributed by atoms with Crippen LogP contribution in [0.1, 0.15) is 66.4 Å². The largest absolute Gasteiger partial charge is 0.457 e. The number of ether oxygens (including phenoxy) is 3. The van der Waals surface area contributed by atoms with Crippen molar-refractivity contribution >= 4 is 23.9 Å². The van der Waals surface area contributed by atoms with Gasteiger partial charge in [-0.2, -0.15) is 0 Å². The predicted molar refractivity (Wildman–Crippen MR) is 111 cm³/mol. The summed E-state index contributed by atoms with van der Waals surface area (Å²) < 4.78 is 15.1. The van der Waals surface area contributed by atoms with Crippen molar-refractivity contribution in [1.82, 2.24) is 0 Å². The number of hydrogen-bond donors (Lipinski definition) is 0. The highest BCUT2D eigenvalue weighted by Crippen LogP contribution is 2.35. The summed E-state index contributed by atoms with van der Waals surface area (Å²) in [6.45, 7) is 4.02. The molecular formula is C25H16O7. The summed E-state index contributed by atoms with van der Waals surface area (Å²) >= 11 is 0. The number of fused-ring (bicyclic) bond motifs is 2. The standard InChI is InChI=1S/C25H16O7/c1-25(2,14-5-9-17-19(11-14)23(28)31-21(17)26)13-3-6-15(7-4-13)30-16-8-10-18-20(12-16)24(29)32-22(18)27/h3-12H,1-2H3. The summed E-state index contributed by atoms with van der Waals surface area (Å²) in [6.07, 6.45) is 0. The Morgan fingerprint density at radius 2 is 1.03 bits per heavy atom. The van der Waals surface area contributed by atoms with Gasteiger partial charge in [0.15, 0.2) is 0 Å². The van der Waals surface area contributed by atoms with E-state index in [1.807, 2.05) is 32.0 Å². The Balaban J connectivity index is 1.39. The van der Waals surface area contributed by atoms with E-state index in [9.17, 15) is 19.2 Å². The highest BCUT2D eigenvalue weighted by Gasteiger charge is 2.33. The van der Waals surface area contributed by atoms with E-state index < -0.39 is 29.3 Å². The van der Waals surface area contributed by atoms with Gasteiger partial charge in [0.05, 0.1) is 22.3 Å². The summed E-state index contributed by atoms with van der Waals surface area (Å²) in [6, 6.07) is 17.1. The predicted octanol–water partition coefficient (Wildman–Crippen LogP) is 4.43. The van der Waals surface area contributed by atoms with Crippen LogP contribution in [0.4, 0.5) is 0 Å². The van der Waals surface area contributed by atoms with E-state index in [4.69, 9.17) is 4.74 Å². The van der Waals surface area contributed by atoms with Gasteiger partial charge in [-0.3, -0.25) is 0 Å². The van der Waals surface area contributed by atoms with Crippen LogP contribution in [0, 0.1) is 0 Å². The first-order valence-electron chi connectivity index (χ1n) is 9.84. The lowest BCUT2D eigenvalue weighted by atomic mass is 9.77. The SMILES string of the molecule is CC(C)(c1ccc(Oc2ccc3c(c2)C(=O)OC3=O)cc1)c1ccc2c(c1)C(=O)OC2=O. The van der Waals surface area contributed by atoms with Crippen molar-refractivity contribution in [1.29, 1.82) is 0 Å². The maximum absolute atomic E-state index is 11.9. The Bertz CT molecular complexity index is 1330. The van der Waals surface area contributed by atoms with Gasteiger partial charge in [-0.25, -0.2) is 19.2 Å². The number of benzene rings is 3. The molecule has 5 rings (SSSR count). The van der Waals surface area contributed by atoms with Crippen LogP contribution in [0.5, 0.6) is 11.5 Å². The Morgan fingerprint density at radius 3 is 1.66 bits per heavy atom. The molecule has 32 heavy (non-hydrogen) atoms. The van der Waals surface area contributed by atoms with Gasteiger partial charge in [0.25, 0.3) is 0 Å². The molecule has 2 aliphatic rings. The Morgan fingerprint density at radius 1 is 0.562 bits per heavy atom. The van der Waals surface area contributed by atoms with Crippen molar-refractivity contribution < 1.29 is 33.4 Å². The monoisotopic (exact) mass is 428 g/mol. The van der Waals surface area contributed by atoms with E-state index in [-0.39, 0.29) is 22.3 Å².